The van der Waals surface area contributed by atoms with Crippen molar-refractivity contribution in [3.8, 4) is 0 Å². The number of benzene rings is 1. The van der Waals surface area contributed by atoms with Crippen LogP contribution in [0.2, 0.25) is 0 Å². The molecule has 0 fully saturated rings. The van der Waals surface area contributed by atoms with Crippen LogP contribution in [0, 0.1) is 5.82 Å². The normalized spacial score (nSPS) is 12.6. The van der Waals surface area contributed by atoms with Gasteiger partial charge in [0.1, 0.15) is 11.9 Å². The SMILES string of the molecule is CCCO[C@@H](C)C(=O)N(C)Cc1cc2cc(F)ccc2[nH]1. The number of hydrogen-bond donors (Lipinski definition) is 1. The van der Waals surface area contributed by atoms with Gasteiger partial charge >= 0.3 is 0 Å². The summed E-state index contributed by atoms with van der Waals surface area (Å²) < 4.78 is 18.6. The molecule has 1 aromatic heterocycles. The number of halogens is 1. The second-order valence-electron chi connectivity index (χ2n) is 5.23. The first kappa shape index (κ1) is 15.5. The number of rotatable bonds is 6. The maximum absolute atomic E-state index is 13.2. The number of nitrogens with one attached hydrogen (secondary N) is 1. The van der Waals surface area contributed by atoms with Crippen molar-refractivity contribution in [2.75, 3.05) is 13.7 Å². The van der Waals surface area contributed by atoms with E-state index in [1.54, 1.807) is 24.9 Å². The van der Waals surface area contributed by atoms with Crippen LogP contribution in [-0.4, -0.2) is 35.5 Å². The van der Waals surface area contributed by atoms with E-state index in [9.17, 15) is 9.18 Å². The Bertz CT molecular complexity index is 624. The molecule has 1 N–H and O–H groups in total. The third-order valence-corrected chi connectivity index (χ3v) is 3.34. The maximum atomic E-state index is 13.2. The van der Waals surface area contributed by atoms with Gasteiger partial charge in [-0.1, -0.05) is 6.92 Å². The summed E-state index contributed by atoms with van der Waals surface area (Å²) in [6.45, 7) is 4.78. The summed E-state index contributed by atoms with van der Waals surface area (Å²) in [4.78, 5) is 17.0. The second kappa shape index (κ2) is 6.72. The van der Waals surface area contributed by atoms with Crippen molar-refractivity contribution < 1.29 is 13.9 Å². The fourth-order valence-electron chi connectivity index (χ4n) is 2.26. The minimum Gasteiger partial charge on any atom is -0.369 e. The standard InChI is InChI=1S/C16H21FN2O2/c1-4-7-21-11(2)16(20)19(3)10-14-9-12-8-13(17)5-6-15(12)18-14/h5-6,8-9,11,18H,4,7,10H2,1-3H3/t11-/m0/s1. The number of carbonyl (C=O) groups excluding carboxylic acids is 1. The number of H-pyrrole nitrogens is 1. The molecule has 2 aromatic rings. The molecule has 21 heavy (non-hydrogen) atoms. The number of amides is 1. The molecular weight excluding hydrogens is 271 g/mol. The molecule has 0 spiro atoms. The molecule has 0 radical (unpaired) electrons. The first-order valence-electron chi connectivity index (χ1n) is 7.15. The molecule has 1 aromatic carbocycles. The van der Waals surface area contributed by atoms with Crippen LogP contribution in [0.5, 0.6) is 0 Å². The van der Waals surface area contributed by atoms with Gasteiger partial charge in [0, 0.05) is 30.3 Å². The smallest absolute Gasteiger partial charge is 0.251 e. The predicted molar refractivity (Wildman–Crippen MR) is 80.4 cm³/mol. The summed E-state index contributed by atoms with van der Waals surface area (Å²) in [5.74, 6) is -0.327. The van der Waals surface area contributed by atoms with Crippen LogP contribution in [0.4, 0.5) is 4.39 Å². The van der Waals surface area contributed by atoms with Crippen LogP contribution in [0.15, 0.2) is 24.3 Å². The summed E-state index contributed by atoms with van der Waals surface area (Å²) in [6, 6.07) is 6.45. The lowest BCUT2D eigenvalue weighted by molar-refractivity contribution is -0.141. The van der Waals surface area contributed by atoms with Gasteiger partial charge in [-0.3, -0.25) is 4.79 Å². The van der Waals surface area contributed by atoms with E-state index in [4.69, 9.17) is 4.74 Å². The first-order valence-corrected chi connectivity index (χ1v) is 7.15. The van der Waals surface area contributed by atoms with Gasteiger partial charge in [-0.2, -0.15) is 0 Å². The number of aromatic nitrogens is 1. The van der Waals surface area contributed by atoms with Crippen molar-refractivity contribution in [3.63, 3.8) is 0 Å². The van der Waals surface area contributed by atoms with E-state index in [2.05, 4.69) is 4.98 Å². The molecule has 1 atom stereocenters. The number of aromatic amines is 1. The maximum Gasteiger partial charge on any atom is 0.251 e. The monoisotopic (exact) mass is 292 g/mol. The van der Waals surface area contributed by atoms with Gasteiger partial charge in [0.05, 0.1) is 6.54 Å². The van der Waals surface area contributed by atoms with Gasteiger partial charge < -0.3 is 14.6 Å². The number of nitrogens with zero attached hydrogens (tertiary/aromatic N) is 1. The Morgan fingerprint density at radius 1 is 1.43 bits per heavy atom. The molecular formula is C16H21FN2O2. The van der Waals surface area contributed by atoms with Gasteiger partial charge in [0.25, 0.3) is 5.91 Å². The Balaban J connectivity index is 2.03. The third kappa shape index (κ3) is 3.82. The van der Waals surface area contributed by atoms with E-state index >= 15 is 0 Å². The third-order valence-electron chi connectivity index (χ3n) is 3.34. The highest BCUT2D eigenvalue weighted by molar-refractivity contribution is 5.82. The summed E-state index contributed by atoms with van der Waals surface area (Å²) >= 11 is 0. The van der Waals surface area contributed by atoms with E-state index in [-0.39, 0.29) is 11.7 Å². The molecule has 0 bridgehead atoms. The molecule has 1 amide bonds. The highest BCUT2D eigenvalue weighted by Gasteiger charge is 2.18. The van der Waals surface area contributed by atoms with E-state index < -0.39 is 6.10 Å². The molecule has 1 heterocycles. The minimum absolute atomic E-state index is 0.0618. The summed E-state index contributed by atoms with van der Waals surface area (Å²) in [5.41, 5.74) is 1.73. The number of ether oxygens (including phenoxy) is 1. The lowest BCUT2D eigenvalue weighted by Gasteiger charge is -2.21. The highest BCUT2D eigenvalue weighted by atomic mass is 19.1. The first-order chi connectivity index (χ1) is 10.0. The number of hydrogen-bond acceptors (Lipinski definition) is 2. The summed E-state index contributed by atoms with van der Waals surface area (Å²) in [5, 5.41) is 0.807. The van der Waals surface area contributed by atoms with Crippen LogP contribution >= 0.6 is 0 Å². The van der Waals surface area contributed by atoms with E-state index in [1.807, 2.05) is 13.0 Å². The molecule has 0 unspecified atom stereocenters. The molecule has 0 saturated heterocycles. The number of fused-ring (bicyclic) bond motifs is 1. The van der Waals surface area contributed by atoms with Crippen LogP contribution in [0.3, 0.4) is 0 Å². The van der Waals surface area contributed by atoms with Crippen molar-refractivity contribution in [2.45, 2.75) is 32.9 Å². The Kier molecular flexibility index (Phi) is 4.96. The lowest BCUT2D eigenvalue weighted by Crippen LogP contribution is -2.36. The van der Waals surface area contributed by atoms with Crippen LogP contribution in [-0.2, 0) is 16.1 Å². The van der Waals surface area contributed by atoms with Crippen LogP contribution in [0.1, 0.15) is 26.0 Å². The van der Waals surface area contributed by atoms with Gasteiger partial charge in [-0.15, -0.1) is 0 Å². The largest absolute Gasteiger partial charge is 0.369 e. The van der Waals surface area contributed by atoms with Crippen LogP contribution in [0.25, 0.3) is 10.9 Å². The Morgan fingerprint density at radius 2 is 2.19 bits per heavy atom. The Hall–Kier alpha value is -1.88. The van der Waals surface area contributed by atoms with E-state index in [1.165, 1.54) is 12.1 Å². The second-order valence-corrected chi connectivity index (χ2v) is 5.23. The van der Waals surface area contributed by atoms with E-state index in [0.29, 0.717) is 13.2 Å². The zero-order chi connectivity index (χ0) is 15.4. The highest BCUT2D eigenvalue weighted by Crippen LogP contribution is 2.17. The molecule has 0 aliphatic rings. The Labute approximate surface area is 123 Å². The fourth-order valence-corrected chi connectivity index (χ4v) is 2.26. The van der Waals surface area contributed by atoms with Crippen molar-refractivity contribution >= 4 is 16.8 Å². The number of carbonyl (C=O) groups is 1. The van der Waals surface area contributed by atoms with Gasteiger partial charge in [-0.05, 0) is 37.6 Å². The lowest BCUT2D eigenvalue weighted by atomic mass is 10.2. The average Bonchev–Trinajstić information content (AvgIpc) is 2.84. The molecule has 5 heteroatoms. The molecule has 114 valence electrons. The summed E-state index contributed by atoms with van der Waals surface area (Å²) in [6.07, 6.45) is 0.436. The van der Waals surface area contributed by atoms with Gasteiger partial charge in [-0.25, -0.2) is 4.39 Å². The molecule has 4 nitrogen and oxygen atoms in total. The van der Waals surface area contributed by atoms with Crippen molar-refractivity contribution in [3.05, 3.63) is 35.8 Å². The van der Waals surface area contributed by atoms with Crippen molar-refractivity contribution in [1.29, 1.82) is 0 Å². The van der Waals surface area contributed by atoms with Crippen LogP contribution < -0.4 is 0 Å². The summed E-state index contributed by atoms with van der Waals surface area (Å²) in [7, 11) is 1.74. The van der Waals surface area contributed by atoms with Gasteiger partial charge in [0.2, 0.25) is 0 Å². The molecule has 0 saturated carbocycles. The predicted octanol–water partition coefficient (Wildman–Crippen LogP) is 3.08. The zero-order valence-electron chi connectivity index (χ0n) is 12.6. The zero-order valence-corrected chi connectivity index (χ0v) is 12.6. The number of likely N-dealkylation sites (N-methyl/N-ethyl adjacent to an activating group) is 1. The molecule has 0 aliphatic heterocycles. The molecule has 0 aliphatic carbocycles. The molecule has 2 rings (SSSR count). The fraction of sp³-hybridized carbons (Fsp3) is 0.438. The topological polar surface area (TPSA) is 45.3 Å². The quantitative estimate of drug-likeness (QED) is 0.889. The van der Waals surface area contributed by atoms with Crippen molar-refractivity contribution in [1.82, 2.24) is 9.88 Å². The average molecular weight is 292 g/mol. The Morgan fingerprint density at radius 3 is 2.90 bits per heavy atom. The van der Waals surface area contributed by atoms with Crippen molar-refractivity contribution in [2.24, 2.45) is 0 Å². The van der Waals surface area contributed by atoms with Gasteiger partial charge in [0.15, 0.2) is 0 Å². The van der Waals surface area contributed by atoms with E-state index in [0.717, 1.165) is 23.0 Å². The minimum atomic E-state index is -0.447.